The monoisotopic (exact) mass is 339 g/mol. The van der Waals surface area contributed by atoms with Crippen LogP contribution in [0.3, 0.4) is 0 Å². The molecule has 0 aliphatic carbocycles. The van der Waals surface area contributed by atoms with Crippen LogP contribution in [-0.4, -0.2) is 51.2 Å². The third-order valence-electron chi connectivity index (χ3n) is 6.02. The van der Waals surface area contributed by atoms with E-state index >= 15 is 0 Å². The molecule has 2 aliphatic heterocycles. The Morgan fingerprint density at radius 3 is 2.60 bits per heavy atom. The maximum absolute atomic E-state index is 12.5. The van der Waals surface area contributed by atoms with Gasteiger partial charge in [-0.05, 0) is 37.5 Å². The van der Waals surface area contributed by atoms with E-state index in [0.717, 1.165) is 37.4 Å². The number of likely N-dealkylation sites (N-methyl/N-ethyl adjacent to an activating group) is 1. The Kier molecular flexibility index (Phi) is 3.78. The highest BCUT2D eigenvalue weighted by Crippen LogP contribution is 2.48. The zero-order chi connectivity index (χ0) is 17.6. The first kappa shape index (κ1) is 16.1. The Balaban J connectivity index is 1.59. The molecule has 4 rings (SSSR count). The molecule has 0 aromatic carbocycles. The third-order valence-corrected chi connectivity index (χ3v) is 6.02. The number of piperidine rings is 1. The van der Waals surface area contributed by atoms with Gasteiger partial charge in [0.1, 0.15) is 5.82 Å². The maximum Gasteiger partial charge on any atom is 0.223 e. The summed E-state index contributed by atoms with van der Waals surface area (Å²) in [5, 5.41) is 4.33. The molecular formula is C19H25N5O. The lowest BCUT2D eigenvalue weighted by Gasteiger charge is -2.46. The van der Waals surface area contributed by atoms with Crippen molar-refractivity contribution in [2.45, 2.75) is 37.6 Å². The van der Waals surface area contributed by atoms with Gasteiger partial charge in [-0.25, -0.2) is 4.98 Å². The molecule has 6 nitrogen and oxygen atoms in total. The van der Waals surface area contributed by atoms with E-state index in [1.54, 1.807) is 0 Å². The highest BCUT2D eigenvalue weighted by Gasteiger charge is 2.53. The van der Waals surface area contributed by atoms with Gasteiger partial charge in [0.25, 0.3) is 0 Å². The number of amides is 1. The minimum absolute atomic E-state index is 0.0968. The zero-order valence-corrected chi connectivity index (χ0v) is 15.1. The summed E-state index contributed by atoms with van der Waals surface area (Å²) in [6, 6.07) is 6.16. The van der Waals surface area contributed by atoms with E-state index in [2.05, 4.69) is 33.3 Å². The summed E-state index contributed by atoms with van der Waals surface area (Å²) in [5.74, 6) is 1.52. The molecule has 2 aromatic heterocycles. The van der Waals surface area contributed by atoms with Crippen molar-refractivity contribution in [3.05, 3.63) is 41.9 Å². The fraction of sp³-hybridized carbons (Fsp3) is 0.526. The van der Waals surface area contributed by atoms with Crippen LogP contribution in [-0.2, 0) is 11.8 Å². The third kappa shape index (κ3) is 2.60. The van der Waals surface area contributed by atoms with E-state index in [0.29, 0.717) is 6.42 Å². The number of pyridine rings is 1. The Bertz CT molecular complexity index is 791. The van der Waals surface area contributed by atoms with E-state index in [4.69, 9.17) is 0 Å². The number of nitrogens with zero attached hydrogens (tertiary/aromatic N) is 5. The highest BCUT2D eigenvalue weighted by atomic mass is 16.2. The minimum atomic E-state index is -0.0968. The maximum atomic E-state index is 12.5. The number of hydrogen-bond acceptors (Lipinski definition) is 4. The highest BCUT2D eigenvalue weighted by molar-refractivity contribution is 5.81. The summed E-state index contributed by atoms with van der Waals surface area (Å²) in [6.45, 7) is 3.87. The van der Waals surface area contributed by atoms with Crippen LogP contribution in [0.25, 0.3) is 0 Å². The van der Waals surface area contributed by atoms with Gasteiger partial charge in [0.2, 0.25) is 5.91 Å². The lowest BCUT2D eigenvalue weighted by atomic mass is 9.74. The van der Waals surface area contributed by atoms with E-state index in [1.807, 2.05) is 42.9 Å². The molecule has 2 saturated heterocycles. The Hall–Kier alpha value is -2.37. The fourth-order valence-corrected chi connectivity index (χ4v) is 4.54. The van der Waals surface area contributed by atoms with Gasteiger partial charge in [0.15, 0.2) is 0 Å². The van der Waals surface area contributed by atoms with Gasteiger partial charge in [0, 0.05) is 51.4 Å². The fourth-order valence-electron chi connectivity index (χ4n) is 4.54. The molecule has 2 fully saturated rings. The molecule has 0 bridgehead atoms. The number of aryl methyl sites for hydroxylation is 2. The van der Waals surface area contributed by atoms with Crippen molar-refractivity contribution in [1.82, 2.24) is 19.7 Å². The van der Waals surface area contributed by atoms with Crippen LogP contribution in [0.5, 0.6) is 0 Å². The number of anilines is 1. The van der Waals surface area contributed by atoms with Gasteiger partial charge in [0.05, 0.1) is 11.7 Å². The summed E-state index contributed by atoms with van der Waals surface area (Å²) >= 11 is 0. The van der Waals surface area contributed by atoms with E-state index in [-0.39, 0.29) is 17.4 Å². The predicted molar refractivity (Wildman–Crippen MR) is 96.5 cm³/mol. The molecule has 0 unspecified atom stereocenters. The molecule has 132 valence electrons. The van der Waals surface area contributed by atoms with Crippen LogP contribution >= 0.6 is 0 Å². The van der Waals surface area contributed by atoms with Crippen LogP contribution in [0.15, 0.2) is 30.6 Å². The largest absolute Gasteiger partial charge is 0.356 e. The average Bonchev–Trinajstić information content (AvgIpc) is 3.13. The summed E-state index contributed by atoms with van der Waals surface area (Å²) in [5.41, 5.74) is 2.13. The molecule has 0 N–H and O–H groups in total. The number of hydrogen-bond donors (Lipinski definition) is 0. The summed E-state index contributed by atoms with van der Waals surface area (Å²) < 4.78 is 1.83. The van der Waals surface area contributed by atoms with Gasteiger partial charge in [-0.3, -0.25) is 9.48 Å². The van der Waals surface area contributed by atoms with E-state index < -0.39 is 0 Å². The summed E-state index contributed by atoms with van der Waals surface area (Å²) in [6.07, 6.45) is 6.50. The topological polar surface area (TPSA) is 54.3 Å². The molecule has 6 heteroatoms. The molecule has 4 heterocycles. The summed E-state index contributed by atoms with van der Waals surface area (Å²) in [7, 11) is 3.90. The molecule has 1 amide bonds. The molecule has 25 heavy (non-hydrogen) atoms. The first-order valence-corrected chi connectivity index (χ1v) is 8.93. The number of carbonyl (C=O) groups excluding carboxylic acids is 1. The van der Waals surface area contributed by atoms with Gasteiger partial charge >= 0.3 is 0 Å². The Morgan fingerprint density at radius 1 is 1.20 bits per heavy atom. The van der Waals surface area contributed by atoms with Crippen molar-refractivity contribution < 1.29 is 4.79 Å². The van der Waals surface area contributed by atoms with Gasteiger partial charge in [-0.1, -0.05) is 6.07 Å². The zero-order valence-electron chi connectivity index (χ0n) is 15.1. The first-order valence-electron chi connectivity index (χ1n) is 8.93. The van der Waals surface area contributed by atoms with Crippen LogP contribution < -0.4 is 4.90 Å². The number of rotatable bonds is 2. The first-order chi connectivity index (χ1) is 12.0. The van der Waals surface area contributed by atoms with E-state index in [1.165, 1.54) is 5.56 Å². The van der Waals surface area contributed by atoms with E-state index in [9.17, 15) is 4.79 Å². The van der Waals surface area contributed by atoms with Crippen LogP contribution in [0.2, 0.25) is 0 Å². The standard InChI is InChI=1S/C19H25N5O/c1-14-5-4-6-17(21-14)24-9-7-19(8-10-24)16(11-18(25)23(19)3)15-12-20-22(2)13-15/h4-6,12-13,16H,7-11H2,1-3H3/t16-/m1/s1. The van der Waals surface area contributed by atoms with Gasteiger partial charge in [-0.2, -0.15) is 5.10 Å². The molecule has 1 spiro atoms. The van der Waals surface area contributed by atoms with Crippen molar-refractivity contribution in [2.24, 2.45) is 7.05 Å². The van der Waals surface area contributed by atoms with Crippen molar-refractivity contribution in [1.29, 1.82) is 0 Å². The SMILES string of the molecule is Cc1cccc(N2CCC3(CC2)[C@@H](c2cnn(C)c2)CC(=O)N3C)n1. The second-order valence-electron chi connectivity index (χ2n) is 7.38. The second-order valence-corrected chi connectivity index (χ2v) is 7.38. The second kappa shape index (κ2) is 5.86. The molecule has 2 aromatic rings. The smallest absolute Gasteiger partial charge is 0.223 e. The van der Waals surface area contributed by atoms with Crippen LogP contribution in [0, 0.1) is 6.92 Å². The average molecular weight is 339 g/mol. The lowest BCUT2D eigenvalue weighted by Crippen LogP contribution is -2.54. The van der Waals surface area contributed by atoms with Gasteiger partial charge < -0.3 is 9.80 Å². The Morgan fingerprint density at radius 2 is 1.96 bits per heavy atom. The number of carbonyl (C=O) groups is 1. The minimum Gasteiger partial charge on any atom is -0.356 e. The Labute approximate surface area is 148 Å². The van der Waals surface area contributed by atoms with Crippen molar-refractivity contribution in [3.63, 3.8) is 0 Å². The van der Waals surface area contributed by atoms with Crippen molar-refractivity contribution >= 4 is 11.7 Å². The number of likely N-dealkylation sites (tertiary alicyclic amines) is 1. The van der Waals surface area contributed by atoms with Gasteiger partial charge in [-0.15, -0.1) is 0 Å². The molecule has 0 saturated carbocycles. The molecule has 2 aliphatic rings. The summed E-state index contributed by atoms with van der Waals surface area (Å²) in [4.78, 5) is 21.5. The predicted octanol–water partition coefficient (Wildman–Crippen LogP) is 2.11. The van der Waals surface area contributed by atoms with Crippen LogP contribution in [0.1, 0.15) is 36.4 Å². The van der Waals surface area contributed by atoms with Crippen molar-refractivity contribution in [2.75, 3.05) is 25.0 Å². The lowest BCUT2D eigenvalue weighted by molar-refractivity contribution is -0.130. The van der Waals surface area contributed by atoms with Crippen LogP contribution in [0.4, 0.5) is 5.82 Å². The van der Waals surface area contributed by atoms with Crippen molar-refractivity contribution in [3.8, 4) is 0 Å². The molecular weight excluding hydrogens is 314 g/mol. The quantitative estimate of drug-likeness (QED) is 0.841. The molecule has 1 atom stereocenters. The molecule has 0 radical (unpaired) electrons. The normalized spacial score (nSPS) is 22.8. The number of aromatic nitrogens is 3.